The fourth-order valence-corrected chi connectivity index (χ4v) is 1.81. The smallest absolute Gasteiger partial charge is 0.261 e. The molecule has 0 unspecified atom stereocenters. The Hall–Kier alpha value is -2.89. The molecule has 0 fully saturated rings. The molecule has 0 spiro atoms. The third kappa shape index (κ3) is 7.48. The van der Waals surface area contributed by atoms with E-state index in [2.05, 4.69) is 11.1 Å². The first kappa shape index (κ1) is 20.2. The molecule has 0 amide bonds. The van der Waals surface area contributed by atoms with E-state index >= 15 is 0 Å². The maximum atomic E-state index is 9.32. The Morgan fingerprint density at radius 1 is 1.16 bits per heavy atom. The van der Waals surface area contributed by atoms with Crippen LogP contribution in [0.25, 0.3) is 11.6 Å². The summed E-state index contributed by atoms with van der Waals surface area (Å²) in [6, 6.07) is 11.3. The number of nitrogens with zero attached hydrogens (tertiary/aromatic N) is 2. The predicted molar refractivity (Wildman–Crippen MR) is 94.7 cm³/mol. The number of benzene rings is 1. The lowest BCUT2D eigenvalue weighted by Gasteiger charge is -2.09. The Morgan fingerprint density at radius 3 is 2.20 bits per heavy atom. The van der Waals surface area contributed by atoms with E-state index in [0.717, 1.165) is 11.1 Å². The van der Waals surface area contributed by atoms with Gasteiger partial charge in [-0.05, 0) is 47.5 Å². The van der Waals surface area contributed by atoms with Crippen LogP contribution in [-0.4, -0.2) is 38.4 Å². The van der Waals surface area contributed by atoms with Crippen molar-refractivity contribution in [2.45, 2.75) is 0 Å². The molecule has 0 saturated heterocycles. The van der Waals surface area contributed by atoms with Gasteiger partial charge in [0.25, 0.3) is 10.1 Å². The number of methoxy groups -OCH3 is 2. The van der Waals surface area contributed by atoms with Crippen molar-refractivity contribution in [1.82, 2.24) is 4.98 Å². The highest BCUT2D eigenvalue weighted by molar-refractivity contribution is 7.85. The summed E-state index contributed by atoms with van der Waals surface area (Å²) in [6.07, 6.45) is 5.90. The van der Waals surface area contributed by atoms with Crippen LogP contribution in [0.2, 0.25) is 0 Å². The summed E-state index contributed by atoms with van der Waals surface area (Å²) in [7, 11) is -0.518. The Balaban J connectivity index is 0.000000550. The summed E-state index contributed by atoms with van der Waals surface area (Å²) in [4.78, 5) is 3.95. The van der Waals surface area contributed by atoms with Crippen molar-refractivity contribution in [2.75, 3.05) is 20.5 Å². The molecule has 0 saturated carbocycles. The van der Waals surface area contributed by atoms with Gasteiger partial charge in [-0.1, -0.05) is 0 Å². The molecular formula is C17H18N2O5S. The van der Waals surface area contributed by atoms with Crippen LogP contribution >= 0.6 is 0 Å². The minimum Gasteiger partial charge on any atom is -0.493 e. The summed E-state index contributed by atoms with van der Waals surface area (Å²) in [5.41, 5.74) is 2.26. The molecule has 1 N–H and O–H groups in total. The van der Waals surface area contributed by atoms with E-state index in [1.165, 1.54) is 0 Å². The Bertz CT molecular complexity index is 864. The molecule has 0 radical (unpaired) electrons. The maximum absolute atomic E-state index is 9.32. The predicted octanol–water partition coefficient (Wildman–Crippen LogP) is 2.67. The van der Waals surface area contributed by atoms with Crippen LogP contribution in [0, 0.1) is 11.3 Å². The van der Waals surface area contributed by atoms with Crippen molar-refractivity contribution >= 4 is 21.8 Å². The number of ether oxygens (including phenoxy) is 2. The van der Waals surface area contributed by atoms with Gasteiger partial charge in [-0.15, -0.1) is 0 Å². The standard InChI is InChI=1S/C16H14N2O2.CH4O3S/c1-19-15-4-3-13(10-16(15)20-2)14(11-17)9-12-5-7-18-8-6-12;1-5(2,3)4/h3-10H,1-2H3;1H3,(H,2,3,4)/b14-9+;. The van der Waals surface area contributed by atoms with E-state index in [4.69, 9.17) is 14.0 Å². The summed E-state index contributed by atoms with van der Waals surface area (Å²) < 4.78 is 36.3. The number of hydrogen-bond donors (Lipinski definition) is 1. The van der Waals surface area contributed by atoms with Crippen molar-refractivity contribution in [1.29, 1.82) is 5.26 Å². The van der Waals surface area contributed by atoms with E-state index in [-0.39, 0.29) is 0 Å². The molecule has 0 aliphatic heterocycles. The quantitative estimate of drug-likeness (QED) is 0.657. The van der Waals surface area contributed by atoms with Gasteiger partial charge in [-0.25, -0.2) is 0 Å². The van der Waals surface area contributed by atoms with E-state index in [1.54, 1.807) is 38.7 Å². The van der Waals surface area contributed by atoms with Gasteiger partial charge < -0.3 is 9.47 Å². The Labute approximate surface area is 146 Å². The molecule has 0 bridgehead atoms. The number of pyridine rings is 1. The molecule has 1 heterocycles. The normalized spacial score (nSPS) is 10.9. The second kappa shape index (κ2) is 9.42. The minimum absolute atomic E-state index is 0.553. The second-order valence-corrected chi connectivity index (χ2v) is 6.22. The number of allylic oxidation sites excluding steroid dienone is 1. The van der Waals surface area contributed by atoms with E-state index in [1.807, 2.05) is 24.3 Å². The van der Waals surface area contributed by atoms with Gasteiger partial charge in [0.2, 0.25) is 0 Å². The van der Waals surface area contributed by atoms with E-state index in [0.29, 0.717) is 23.3 Å². The zero-order chi connectivity index (χ0) is 18.9. The van der Waals surface area contributed by atoms with Crippen molar-refractivity contribution < 1.29 is 22.4 Å². The van der Waals surface area contributed by atoms with Gasteiger partial charge >= 0.3 is 0 Å². The summed E-state index contributed by atoms with van der Waals surface area (Å²) >= 11 is 0. The third-order valence-electron chi connectivity index (χ3n) is 2.83. The molecule has 1 aromatic heterocycles. The van der Waals surface area contributed by atoms with Gasteiger partial charge in [0.15, 0.2) is 11.5 Å². The number of rotatable bonds is 4. The summed E-state index contributed by atoms with van der Waals surface area (Å²) in [6.45, 7) is 0. The molecule has 7 nitrogen and oxygen atoms in total. The fourth-order valence-electron chi connectivity index (χ4n) is 1.81. The zero-order valence-electron chi connectivity index (χ0n) is 14.0. The zero-order valence-corrected chi connectivity index (χ0v) is 14.8. The second-order valence-electron chi connectivity index (χ2n) is 4.75. The average Bonchev–Trinajstić information content (AvgIpc) is 2.58. The largest absolute Gasteiger partial charge is 0.493 e. The highest BCUT2D eigenvalue weighted by Gasteiger charge is 2.07. The summed E-state index contributed by atoms with van der Waals surface area (Å²) in [5.74, 6) is 1.23. The van der Waals surface area contributed by atoms with E-state index in [9.17, 15) is 13.7 Å². The molecule has 2 rings (SSSR count). The molecule has 2 aromatic rings. The highest BCUT2D eigenvalue weighted by Crippen LogP contribution is 2.30. The number of nitriles is 1. The molecule has 25 heavy (non-hydrogen) atoms. The Kier molecular flexibility index (Phi) is 7.59. The van der Waals surface area contributed by atoms with Gasteiger partial charge in [-0.2, -0.15) is 13.7 Å². The van der Waals surface area contributed by atoms with Gasteiger partial charge in [0.1, 0.15) is 0 Å². The number of hydrogen-bond acceptors (Lipinski definition) is 6. The summed E-state index contributed by atoms with van der Waals surface area (Å²) in [5, 5.41) is 9.32. The van der Waals surface area contributed by atoms with Crippen LogP contribution in [0.4, 0.5) is 0 Å². The van der Waals surface area contributed by atoms with Crippen molar-refractivity contribution in [3.8, 4) is 17.6 Å². The molecule has 0 aliphatic rings. The lowest BCUT2D eigenvalue weighted by atomic mass is 10.0. The SMILES string of the molecule is COc1ccc(/C(C#N)=C/c2ccncc2)cc1OC.CS(=O)(=O)O. The topological polar surface area (TPSA) is 110 Å². The average molecular weight is 362 g/mol. The van der Waals surface area contributed by atoms with Crippen LogP contribution in [0.1, 0.15) is 11.1 Å². The van der Waals surface area contributed by atoms with Gasteiger partial charge in [0.05, 0.1) is 32.1 Å². The van der Waals surface area contributed by atoms with Crippen molar-refractivity contribution in [3.63, 3.8) is 0 Å². The van der Waals surface area contributed by atoms with E-state index < -0.39 is 10.1 Å². The lowest BCUT2D eigenvalue weighted by Crippen LogP contribution is -1.92. The molecular weight excluding hydrogens is 344 g/mol. The monoisotopic (exact) mass is 362 g/mol. The molecule has 0 atom stereocenters. The van der Waals surface area contributed by atoms with Crippen molar-refractivity contribution in [3.05, 3.63) is 53.9 Å². The molecule has 1 aromatic carbocycles. The lowest BCUT2D eigenvalue weighted by molar-refractivity contribution is 0.355. The molecule has 8 heteroatoms. The third-order valence-corrected chi connectivity index (χ3v) is 2.83. The van der Waals surface area contributed by atoms with Gasteiger partial charge in [-0.3, -0.25) is 9.54 Å². The highest BCUT2D eigenvalue weighted by atomic mass is 32.2. The van der Waals surface area contributed by atoms with Crippen LogP contribution < -0.4 is 9.47 Å². The first-order valence-corrected chi connectivity index (χ1v) is 8.80. The van der Waals surface area contributed by atoms with Crippen LogP contribution in [-0.2, 0) is 10.1 Å². The van der Waals surface area contributed by atoms with Crippen LogP contribution in [0.15, 0.2) is 42.7 Å². The van der Waals surface area contributed by atoms with Crippen LogP contribution in [0.3, 0.4) is 0 Å². The first-order chi connectivity index (χ1) is 11.8. The minimum atomic E-state index is -3.67. The Morgan fingerprint density at radius 2 is 1.72 bits per heavy atom. The van der Waals surface area contributed by atoms with Crippen LogP contribution in [0.5, 0.6) is 11.5 Å². The van der Waals surface area contributed by atoms with Crippen molar-refractivity contribution in [2.24, 2.45) is 0 Å². The fraction of sp³-hybridized carbons (Fsp3) is 0.176. The molecule has 132 valence electrons. The first-order valence-electron chi connectivity index (χ1n) is 6.95. The maximum Gasteiger partial charge on any atom is 0.261 e. The van der Waals surface area contributed by atoms with Gasteiger partial charge in [0, 0.05) is 12.4 Å². The molecule has 0 aliphatic carbocycles. The number of aromatic nitrogens is 1.